The van der Waals surface area contributed by atoms with Gasteiger partial charge in [0, 0.05) is 153 Å². The molecule has 0 aliphatic rings. The predicted octanol–water partition coefficient (Wildman–Crippen LogP) is 31.6. The molecule has 0 spiro atoms. The molecule has 4 aromatic heterocycles. The Hall–Kier alpha value is -9.16. The third kappa shape index (κ3) is 47.5. The van der Waals surface area contributed by atoms with Crippen LogP contribution < -0.4 is 0 Å². The van der Waals surface area contributed by atoms with Crippen LogP contribution in [0, 0.1) is 139 Å². The van der Waals surface area contributed by atoms with Crippen molar-refractivity contribution < 1.29 is 120 Å². The molecule has 0 bridgehead atoms. The van der Waals surface area contributed by atoms with Crippen LogP contribution in [0.15, 0.2) is 217 Å². The van der Waals surface area contributed by atoms with Crippen molar-refractivity contribution >= 4 is 66.7 Å². The maximum atomic E-state index is 11.2. The van der Waals surface area contributed by atoms with Crippen LogP contribution in [-0.2, 0) is 125 Å². The Morgan fingerprint density at radius 1 is 0.309 bits per heavy atom. The first kappa shape index (κ1) is 125. The van der Waals surface area contributed by atoms with E-state index in [4.69, 9.17) is 25.0 Å². The quantitative estimate of drug-likeness (QED) is 0.0227. The fourth-order valence-electron chi connectivity index (χ4n) is 15.0. The number of nitrogens with zero attached hydrogens (tertiary/aromatic N) is 4. The first-order valence-electron chi connectivity index (χ1n) is 47.3. The topological polar surface area (TPSA) is 201 Å². The molecule has 0 saturated heterocycles. The number of aryl methyl sites for hydroxylation is 8. The molecule has 0 aliphatic heterocycles. The fraction of sp³-hybridized carbons (Fsp3) is 0.400. The minimum Gasteiger partial charge on any atom is -0.512 e. The third-order valence-corrected chi connectivity index (χ3v) is 20.4. The number of hydrogen-bond donors (Lipinski definition) is 4. The fourth-order valence-corrected chi connectivity index (χ4v) is 15.0. The standard InChI is InChI=1S/4C21H22N.2C11H20O2.C9H16O2.C5H8O2.4Ir/c2*1-14(2)9-17-5-6-18-7-8-20(22-21(18)13-17)19-11-15(3)10-16(4)12-19;2*1-14(2)10-17-6-5-7-21-19(17)8-9-20(22-21)18-12-15(3)11-16(4)13-18;2*1-8(2)5-10(12)7-11(13)6-9(3)4;1-6(2)8(10)5-9(11)7(3)4;1-4(6)3-5(2)7;;;;/h2*5-8,10-11,13-14H,9H2,1-4H3;2*5-9,11-12,14H,10H2,1-4H3;2*7-9,12H,5-6H2,1-4H3;5-7,10H,1-4H3;3,6H,1-2H3;;;;/q4*-1;;;;;;;;. The van der Waals surface area contributed by atoms with E-state index in [2.05, 4.69) is 305 Å². The van der Waals surface area contributed by atoms with Crippen molar-refractivity contribution in [2.24, 2.45) is 59.2 Å². The van der Waals surface area contributed by atoms with Crippen LogP contribution in [0.1, 0.15) is 245 Å². The number of allylic oxidation sites excluding steroid dienone is 8. The van der Waals surface area contributed by atoms with Crippen LogP contribution >= 0.6 is 0 Å². The minimum atomic E-state index is -0.125. The van der Waals surface area contributed by atoms with Crippen LogP contribution in [0.3, 0.4) is 0 Å². The number of aliphatic hydroxyl groups excluding tert-OH is 4. The van der Waals surface area contributed by atoms with Crippen LogP contribution in [0.2, 0.25) is 0 Å². The molecule has 8 aromatic carbocycles. The van der Waals surface area contributed by atoms with Gasteiger partial charge in [-0.05, 0) is 167 Å². The van der Waals surface area contributed by atoms with E-state index in [1.807, 2.05) is 83.1 Å². The van der Waals surface area contributed by atoms with E-state index >= 15 is 0 Å². The number of carbonyl (C=O) groups is 4. The van der Waals surface area contributed by atoms with Gasteiger partial charge in [0.1, 0.15) is 0 Å². The molecule has 12 nitrogen and oxygen atoms in total. The van der Waals surface area contributed by atoms with Gasteiger partial charge in [-0.1, -0.05) is 291 Å². The summed E-state index contributed by atoms with van der Waals surface area (Å²) in [4.78, 5) is 62.9. The van der Waals surface area contributed by atoms with Crippen LogP contribution in [-0.4, -0.2) is 63.5 Å². The molecule has 4 heterocycles. The van der Waals surface area contributed by atoms with E-state index in [1.165, 1.54) is 104 Å². The molecular weight excluding hydrogens is 2390 g/mol. The number of pyridine rings is 4. The summed E-state index contributed by atoms with van der Waals surface area (Å²) in [7, 11) is 0. The SMILES string of the molecule is CC(=O)C=C(C)O.CC(C)C(=O)C=C(O)C(C)C.CC(C)CC(=O)C=C(O)CC(C)C.CC(C)CC(=O)C=C(O)CC(C)C.Cc1[c-]c(-c2ccc3c(CC(C)C)cccc3n2)cc(C)c1.Cc1[c-]c(-c2ccc3c(CC(C)C)cccc3n2)cc(C)c1.Cc1[c-]c(-c2ccc3ccc(CC(C)C)cc3n2)cc(C)c1.Cc1[c-]c(-c2ccc3ccc(CC(C)C)cc3n2)cc(C)c1.[Ir].[Ir].[Ir].[Ir]. The molecule has 4 radical (unpaired) electrons. The van der Waals surface area contributed by atoms with Crippen molar-refractivity contribution in [3.63, 3.8) is 0 Å². The van der Waals surface area contributed by atoms with E-state index < -0.39 is 0 Å². The van der Waals surface area contributed by atoms with Gasteiger partial charge in [0.2, 0.25) is 0 Å². The Bertz CT molecular complexity index is 5400. The van der Waals surface area contributed by atoms with Crippen LogP contribution in [0.4, 0.5) is 0 Å². The average Bonchev–Trinajstić information content (AvgIpc) is 0.772. The zero-order valence-corrected chi connectivity index (χ0v) is 96.0. The Balaban J connectivity index is 0.000000791. The van der Waals surface area contributed by atoms with Gasteiger partial charge in [-0.3, -0.25) is 39.1 Å². The Morgan fingerprint density at radius 3 is 0.846 bits per heavy atom. The largest absolute Gasteiger partial charge is 0.512 e. The summed E-state index contributed by atoms with van der Waals surface area (Å²) < 4.78 is 0. The van der Waals surface area contributed by atoms with Gasteiger partial charge in [-0.15, -0.1) is 140 Å². The van der Waals surface area contributed by atoms with E-state index in [0.29, 0.717) is 73.0 Å². The molecule has 0 fully saturated rings. The summed E-state index contributed by atoms with van der Waals surface area (Å²) >= 11 is 0. The van der Waals surface area contributed by atoms with Gasteiger partial charge < -0.3 is 20.4 Å². The minimum absolute atomic E-state index is 0. The zero-order valence-electron chi connectivity index (χ0n) is 86.4. The average molecular weight is 2550 g/mol. The van der Waals surface area contributed by atoms with Gasteiger partial charge in [-0.2, -0.15) is 0 Å². The van der Waals surface area contributed by atoms with Crippen molar-refractivity contribution in [1.29, 1.82) is 0 Å². The van der Waals surface area contributed by atoms with Gasteiger partial charge >= 0.3 is 0 Å². The van der Waals surface area contributed by atoms with Crippen LogP contribution in [0.25, 0.3) is 88.6 Å². The number of benzene rings is 8. The smallest absolute Gasteiger partial charge is 0.161 e. The monoisotopic (exact) mass is 2550 g/mol. The van der Waals surface area contributed by atoms with Gasteiger partial charge in [0.15, 0.2) is 23.1 Å². The van der Waals surface area contributed by atoms with Gasteiger partial charge in [0.05, 0.1) is 45.1 Å². The van der Waals surface area contributed by atoms with E-state index in [0.717, 1.165) is 115 Å². The number of fused-ring (bicyclic) bond motifs is 4. The van der Waals surface area contributed by atoms with Crippen molar-refractivity contribution in [3.05, 3.63) is 308 Å². The molecule has 0 saturated carbocycles. The molecule has 12 rings (SSSR count). The normalized spacial score (nSPS) is 11.4. The molecule has 0 aliphatic carbocycles. The predicted molar refractivity (Wildman–Crippen MR) is 558 cm³/mol. The molecule has 12 aromatic rings. The molecular formula is C120H152Ir4N4O8-4. The van der Waals surface area contributed by atoms with E-state index in [1.54, 1.807) is 0 Å². The number of aromatic nitrogens is 4. The van der Waals surface area contributed by atoms with Crippen molar-refractivity contribution in [2.45, 2.75) is 259 Å². The Morgan fingerprint density at radius 2 is 0.596 bits per heavy atom. The maximum Gasteiger partial charge on any atom is 0.161 e. The summed E-state index contributed by atoms with van der Waals surface area (Å²) in [5.41, 5.74) is 27.7. The second kappa shape index (κ2) is 62.7. The molecule has 136 heavy (non-hydrogen) atoms. The van der Waals surface area contributed by atoms with Crippen LogP contribution in [0.5, 0.6) is 0 Å². The Labute approximate surface area is 870 Å². The van der Waals surface area contributed by atoms with Crippen molar-refractivity contribution in [2.75, 3.05) is 0 Å². The molecule has 740 valence electrons. The molecule has 0 unspecified atom stereocenters. The molecule has 16 heteroatoms. The van der Waals surface area contributed by atoms with E-state index in [-0.39, 0.29) is 138 Å². The van der Waals surface area contributed by atoms with Crippen molar-refractivity contribution in [1.82, 2.24) is 19.9 Å². The first-order valence-corrected chi connectivity index (χ1v) is 47.3. The molecule has 0 amide bonds. The summed E-state index contributed by atoms with van der Waals surface area (Å²) in [5, 5.41) is 41.2. The zero-order chi connectivity index (χ0) is 98.5. The number of hydrogen-bond acceptors (Lipinski definition) is 12. The van der Waals surface area contributed by atoms with Gasteiger partial charge in [-0.25, -0.2) is 0 Å². The second-order valence-corrected chi connectivity index (χ2v) is 39.5. The number of carbonyl (C=O) groups excluding carboxylic acids is 4. The molecule has 4 N–H and O–H groups in total. The Kier molecular flexibility index (Phi) is 57.6. The first-order chi connectivity index (χ1) is 62.0. The van der Waals surface area contributed by atoms with Gasteiger partial charge in [0.25, 0.3) is 0 Å². The number of aliphatic hydroxyl groups is 4. The summed E-state index contributed by atoms with van der Waals surface area (Å²) in [6.45, 7) is 61.0. The summed E-state index contributed by atoms with van der Waals surface area (Å²) in [6.07, 6.45) is 11.8. The third-order valence-electron chi connectivity index (χ3n) is 20.4. The van der Waals surface area contributed by atoms with E-state index in [9.17, 15) is 34.5 Å². The molecule has 0 atom stereocenters. The van der Waals surface area contributed by atoms with Crippen molar-refractivity contribution in [3.8, 4) is 45.0 Å². The second-order valence-electron chi connectivity index (χ2n) is 39.5. The number of ketones is 4. The summed E-state index contributed by atoms with van der Waals surface area (Å²) in [6, 6.07) is 74.1. The maximum absolute atomic E-state index is 11.2. The summed E-state index contributed by atoms with van der Waals surface area (Å²) in [5.74, 6) is 4.68. The number of rotatable bonds is 26.